The van der Waals surface area contributed by atoms with Gasteiger partial charge in [-0.1, -0.05) is 28.8 Å². The van der Waals surface area contributed by atoms with E-state index in [1.807, 2.05) is 13.0 Å². The predicted octanol–water partition coefficient (Wildman–Crippen LogP) is 3.54. The second kappa shape index (κ2) is 7.25. The highest BCUT2D eigenvalue weighted by atomic mass is 79.9. The van der Waals surface area contributed by atoms with E-state index in [0.29, 0.717) is 6.04 Å². The van der Waals surface area contributed by atoms with Crippen LogP contribution in [0.1, 0.15) is 37.1 Å². The lowest BCUT2D eigenvalue weighted by Gasteiger charge is -2.28. The number of ether oxygens (including phenoxy) is 1. The van der Waals surface area contributed by atoms with Crippen molar-refractivity contribution in [2.45, 2.75) is 45.2 Å². The van der Waals surface area contributed by atoms with E-state index in [-0.39, 0.29) is 0 Å². The minimum atomic E-state index is 0.635. The molecule has 19 heavy (non-hydrogen) atoms. The average molecular weight is 327 g/mol. The smallest absolute Gasteiger partial charge is 0.122 e. The van der Waals surface area contributed by atoms with Gasteiger partial charge in [0, 0.05) is 35.7 Å². The van der Waals surface area contributed by atoms with Gasteiger partial charge in [-0.15, -0.1) is 0 Å². The van der Waals surface area contributed by atoms with Crippen LogP contribution in [0.25, 0.3) is 0 Å². The van der Waals surface area contributed by atoms with E-state index in [1.165, 1.54) is 32.2 Å². The minimum Gasteiger partial charge on any atom is -0.497 e. The van der Waals surface area contributed by atoms with E-state index in [9.17, 15) is 0 Å². The molecule has 106 valence electrons. The van der Waals surface area contributed by atoms with Crippen molar-refractivity contribution in [1.29, 1.82) is 0 Å². The third kappa shape index (κ3) is 4.18. The molecule has 0 saturated carbocycles. The van der Waals surface area contributed by atoms with Gasteiger partial charge in [0.05, 0.1) is 12.8 Å². The number of aromatic nitrogens is 1. The van der Waals surface area contributed by atoms with Gasteiger partial charge in [0.15, 0.2) is 0 Å². The summed E-state index contributed by atoms with van der Waals surface area (Å²) < 4.78 is 5.33. The molecule has 0 bridgehead atoms. The number of methoxy groups -OCH3 is 1. The Balaban J connectivity index is 2.11. The number of aryl methyl sites for hydroxylation is 1. The third-order valence-corrected chi connectivity index (χ3v) is 4.51. The van der Waals surface area contributed by atoms with Crippen LogP contribution >= 0.6 is 15.9 Å². The zero-order valence-corrected chi connectivity index (χ0v) is 13.4. The molecule has 0 aliphatic carbocycles. The Morgan fingerprint density at radius 3 is 2.95 bits per heavy atom. The molecule has 1 fully saturated rings. The number of rotatable bonds is 4. The molecular weight excluding hydrogens is 304 g/mol. The Bertz CT molecular complexity index is 411. The van der Waals surface area contributed by atoms with Crippen molar-refractivity contribution >= 4 is 15.9 Å². The van der Waals surface area contributed by atoms with Crippen molar-refractivity contribution < 1.29 is 4.74 Å². The first kappa shape index (κ1) is 14.8. The molecule has 2 heterocycles. The summed E-state index contributed by atoms with van der Waals surface area (Å²) in [5.74, 6) is 0.910. The number of hydrogen-bond acceptors (Lipinski definition) is 3. The minimum absolute atomic E-state index is 0.635. The monoisotopic (exact) mass is 326 g/mol. The van der Waals surface area contributed by atoms with Gasteiger partial charge >= 0.3 is 0 Å². The fourth-order valence-corrected chi connectivity index (χ4v) is 3.46. The van der Waals surface area contributed by atoms with Gasteiger partial charge in [-0.3, -0.25) is 9.88 Å². The highest BCUT2D eigenvalue weighted by Crippen LogP contribution is 2.22. The zero-order valence-electron chi connectivity index (χ0n) is 11.9. The normalized spacial score (nSPS) is 21.1. The van der Waals surface area contributed by atoms with Gasteiger partial charge < -0.3 is 4.74 Å². The second-order valence-electron chi connectivity index (χ2n) is 5.27. The van der Waals surface area contributed by atoms with Crippen LogP contribution in [0, 0.1) is 6.92 Å². The van der Waals surface area contributed by atoms with E-state index in [0.717, 1.165) is 29.0 Å². The van der Waals surface area contributed by atoms with E-state index in [1.54, 1.807) is 7.11 Å². The Labute approximate surface area is 124 Å². The summed E-state index contributed by atoms with van der Waals surface area (Å²) in [5, 5.41) is 1.05. The summed E-state index contributed by atoms with van der Waals surface area (Å²) in [4.78, 5) is 7.20. The molecule has 1 aromatic heterocycles. The maximum atomic E-state index is 5.33. The maximum absolute atomic E-state index is 5.33. The second-order valence-corrected chi connectivity index (χ2v) is 5.92. The lowest BCUT2D eigenvalue weighted by atomic mass is 10.1. The topological polar surface area (TPSA) is 25.4 Å². The molecule has 1 unspecified atom stereocenters. The Morgan fingerprint density at radius 2 is 2.21 bits per heavy atom. The summed E-state index contributed by atoms with van der Waals surface area (Å²) in [6.07, 6.45) is 5.28. The van der Waals surface area contributed by atoms with E-state index >= 15 is 0 Å². The molecule has 1 aliphatic heterocycles. The lowest BCUT2D eigenvalue weighted by Crippen LogP contribution is -2.35. The molecule has 0 spiro atoms. The zero-order chi connectivity index (χ0) is 13.7. The molecule has 1 aromatic rings. The number of halogens is 1. The molecule has 1 saturated heterocycles. The summed E-state index contributed by atoms with van der Waals surface area (Å²) in [6.45, 7) is 4.12. The molecule has 0 amide bonds. The van der Waals surface area contributed by atoms with Crippen molar-refractivity contribution in [3.63, 3.8) is 0 Å². The van der Waals surface area contributed by atoms with Gasteiger partial charge in [-0.2, -0.15) is 0 Å². The summed E-state index contributed by atoms with van der Waals surface area (Å²) >= 11 is 3.66. The number of likely N-dealkylation sites (tertiary alicyclic amines) is 1. The molecule has 2 rings (SSSR count). The van der Waals surface area contributed by atoms with E-state index in [2.05, 4.69) is 31.9 Å². The first-order valence-corrected chi connectivity index (χ1v) is 8.16. The molecule has 0 aromatic carbocycles. The van der Waals surface area contributed by atoms with Crippen LogP contribution in [-0.4, -0.2) is 34.9 Å². The largest absolute Gasteiger partial charge is 0.497 e. The maximum Gasteiger partial charge on any atom is 0.122 e. The first-order valence-electron chi connectivity index (χ1n) is 7.04. The number of pyridine rings is 1. The van der Waals surface area contributed by atoms with Crippen LogP contribution in [0.4, 0.5) is 0 Å². The average Bonchev–Trinajstić information content (AvgIpc) is 2.63. The van der Waals surface area contributed by atoms with Crippen molar-refractivity contribution in [2.24, 2.45) is 0 Å². The molecule has 0 N–H and O–H groups in total. The highest BCUT2D eigenvalue weighted by Gasteiger charge is 2.20. The van der Waals surface area contributed by atoms with Crippen LogP contribution < -0.4 is 4.74 Å². The Kier molecular flexibility index (Phi) is 5.64. The van der Waals surface area contributed by atoms with Crippen LogP contribution in [0.2, 0.25) is 0 Å². The van der Waals surface area contributed by atoms with Crippen LogP contribution in [0.5, 0.6) is 5.75 Å². The van der Waals surface area contributed by atoms with Crippen molar-refractivity contribution in [2.75, 3.05) is 19.0 Å². The van der Waals surface area contributed by atoms with E-state index < -0.39 is 0 Å². The third-order valence-electron chi connectivity index (χ3n) is 3.76. The fraction of sp³-hybridized carbons (Fsp3) is 0.667. The van der Waals surface area contributed by atoms with Gasteiger partial charge in [0.1, 0.15) is 5.75 Å². The summed E-state index contributed by atoms with van der Waals surface area (Å²) in [6, 6.07) is 4.67. The number of alkyl halides is 1. The summed E-state index contributed by atoms with van der Waals surface area (Å²) in [5.41, 5.74) is 2.14. The Morgan fingerprint density at radius 1 is 1.37 bits per heavy atom. The van der Waals surface area contributed by atoms with Crippen molar-refractivity contribution in [3.05, 3.63) is 23.5 Å². The van der Waals surface area contributed by atoms with Crippen molar-refractivity contribution in [1.82, 2.24) is 9.88 Å². The molecule has 0 radical (unpaired) electrons. The predicted molar refractivity (Wildman–Crippen MR) is 82.0 cm³/mol. The SMILES string of the molecule is COc1cc(C)nc(CN2CCCCCC2CBr)c1. The fourth-order valence-electron chi connectivity index (χ4n) is 2.73. The summed E-state index contributed by atoms with van der Waals surface area (Å²) in [7, 11) is 1.71. The lowest BCUT2D eigenvalue weighted by molar-refractivity contribution is 0.206. The van der Waals surface area contributed by atoms with Crippen LogP contribution in [-0.2, 0) is 6.54 Å². The standard InChI is InChI=1S/C15H23BrN2O/c1-12-8-15(19-2)9-13(17-12)11-18-7-5-3-4-6-14(18)10-16/h8-9,14H,3-7,10-11H2,1-2H3. The van der Waals surface area contributed by atoms with Crippen molar-refractivity contribution in [3.8, 4) is 5.75 Å². The number of nitrogens with zero attached hydrogens (tertiary/aromatic N) is 2. The Hall–Kier alpha value is -0.610. The first-order chi connectivity index (χ1) is 9.22. The van der Waals surface area contributed by atoms with Crippen LogP contribution in [0.3, 0.4) is 0 Å². The van der Waals surface area contributed by atoms with Gasteiger partial charge in [0.2, 0.25) is 0 Å². The van der Waals surface area contributed by atoms with Gasteiger partial charge in [-0.25, -0.2) is 0 Å². The van der Waals surface area contributed by atoms with E-state index in [4.69, 9.17) is 4.74 Å². The molecule has 3 nitrogen and oxygen atoms in total. The van der Waals surface area contributed by atoms with Gasteiger partial charge in [0.25, 0.3) is 0 Å². The molecular formula is C15H23BrN2O. The molecule has 4 heteroatoms. The molecule has 1 atom stereocenters. The van der Waals surface area contributed by atoms with Gasteiger partial charge in [-0.05, 0) is 26.3 Å². The highest BCUT2D eigenvalue weighted by molar-refractivity contribution is 9.09. The number of hydrogen-bond donors (Lipinski definition) is 0. The quantitative estimate of drug-likeness (QED) is 0.791. The molecule has 1 aliphatic rings. The van der Waals surface area contributed by atoms with Crippen LogP contribution in [0.15, 0.2) is 12.1 Å².